The van der Waals surface area contributed by atoms with Crippen LogP contribution in [0.25, 0.3) is 24.3 Å². The molecular weight excluding hydrogens is 424 g/mol. The number of esters is 2. The molecule has 3 aromatic rings. The largest absolute Gasteiger partial charge is 0.423 e. The normalized spacial score (nSPS) is 10.9. The highest BCUT2D eigenvalue weighted by atomic mass is 16.5. The number of ether oxygens (including phenoxy) is 2. The first kappa shape index (κ1) is 24.2. The molecule has 170 valence electrons. The third-order valence-corrected chi connectivity index (χ3v) is 4.89. The quantitative estimate of drug-likeness (QED) is 0.162. The third-order valence-electron chi connectivity index (χ3n) is 4.89. The lowest BCUT2D eigenvalue weighted by Crippen LogP contribution is -2.09. The standard InChI is InChI=1S/C30H26O4/c1-5-29(31)33-27-17-14-25(15-18-27)11-10-23-6-8-24(9-7-23)12-13-26-16-19-28(22(4)20-26)34-30(32)21(2)3/h5-20H,1-2H2,3-4H3/b11-10+,13-12+. The maximum atomic E-state index is 11.7. The van der Waals surface area contributed by atoms with Crippen molar-refractivity contribution in [2.75, 3.05) is 0 Å². The van der Waals surface area contributed by atoms with Crippen molar-refractivity contribution in [1.29, 1.82) is 0 Å². The van der Waals surface area contributed by atoms with Crippen LogP contribution in [-0.2, 0) is 9.59 Å². The molecule has 0 unspecified atom stereocenters. The van der Waals surface area contributed by atoms with E-state index in [1.165, 1.54) is 0 Å². The minimum Gasteiger partial charge on any atom is -0.423 e. The van der Waals surface area contributed by atoms with E-state index in [9.17, 15) is 9.59 Å². The van der Waals surface area contributed by atoms with Crippen molar-refractivity contribution in [2.45, 2.75) is 13.8 Å². The van der Waals surface area contributed by atoms with E-state index in [4.69, 9.17) is 9.47 Å². The predicted octanol–water partition coefficient (Wildman–Crippen LogP) is 6.91. The van der Waals surface area contributed by atoms with E-state index in [1.54, 1.807) is 25.1 Å². The average molecular weight is 451 g/mol. The Kier molecular flexibility index (Phi) is 8.14. The minimum atomic E-state index is -0.478. The van der Waals surface area contributed by atoms with Crippen LogP contribution >= 0.6 is 0 Å². The van der Waals surface area contributed by atoms with Gasteiger partial charge in [0.2, 0.25) is 0 Å². The van der Waals surface area contributed by atoms with Gasteiger partial charge in [0.15, 0.2) is 0 Å². The number of aryl methyl sites for hydroxylation is 1. The topological polar surface area (TPSA) is 52.6 Å². The molecule has 0 bridgehead atoms. The van der Waals surface area contributed by atoms with E-state index >= 15 is 0 Å². The molecule has 0 fully saturated rings. The van der Waals surface area contributed by atoms with Gasteiger partial charge in [-0.05, 0) is 65.9 Å². The van der Waals surface area contributed by atoms with Crippen LogP contribution < -0.4 is 9.47 Å². The fraction of sp³-hybridized carbons (Fsp3) is 0.0667. The van der Waals surface area contributed by atoms with Gasteiger partial charge >= 0.3 is 11.9 Å². The number of benzene rings is 3. The molecule has 3 aromatic carbocycles. The van der Waals surface area contributed by atoms with Crippen molar-refractivity contribution in [3.63, 3.8) is 0 Å². The highest BCUT2D eigenvalue weighted by Gasteiger charge is 2.07. The van der Waals surface area contributed by atoms with Crippen LogP contribution in [0.15, 0.2) is 91.5 Å². The van der Waals surface area contributed by atoms with Crippen LogP contribution in [0.3, 0.4) is 0 Å². The number of carbonyl (C=O) groups is 2. The summed E-state index contributed by atoms with van der Waals surface area (Å²) in [7, 11) is 0. The summed E-state index contributed by atoms with van der Waals surface area (Å²) in [4.78, 5) is 23.0. The lowest BCUT2D eigenvalue weighted by molar-refractivity contribution is -0.130. The number of rotatable bonds is 8. The summed E-state index contributed by atoms with van der Waals surface area (Å²) >= 11 is 0. The maximum absolute atomic E-state index is 11.7. The summed E-state index contributed by atoms with van der Waals surface area (Å²) in [5.74, 6) is 0.116. The minimum absolute atomic E-state index is 0.367. The first-order valence-corrected chi connectivity index (χ1v) is 10.7. The van der Waals surface area contributed by atoms with Gasteiger partial charge in [-0.3, -0.25) is 0 Å². The van der Waals surface area contributed by atoms with Crippen LogP contribution in [0.2, 0.25) is 0 Å². The van der Waals surface area contributed by atoms with Gasteiger partial charge in [-0.25, -0.2) is 9.59 Å². The first-order chi connectivity index (χ1) is 16.3. The molecule has 0 amide bonds. The number of hydrogen-bond donors (Lipinski definition) is 0. The van der Waals surface area contributed by atoms with Gasteiger partial charge in [0, 0.05) is 11.6 Å². The maximum Gasteiger partial charge on any atom is 0.338 e. The monoisotopic (exact) mass is 450 g/mol. The van der Waals surface area contributed by atoms with Crippen molar-refractivity contribution < 1.29 is 19.1 Å². The molecule has 0 atom stereocenters. The zero-order valence-corrected chi connectivity index (χ0v) is 19.3. The Bertz CT molecular complexity index is 1260. The van der Waals surface area contributed by atoms with Crippen molar-refractivity contribution in [2.24, 2.45) is 0 Å². The smallest absolute Gasteiger partial charge is 0.338 e. The molecule has 34 heavy (non-hydrogen) atoms. The molecule has 0 N–H and O–H groups in total. The Balaban J connectivity index is 1.60. The van der Waals surface area contributed by atoms with Crippen molar-refractivity contribution in [3.05, 3.63) is 119 Å². The van der Waals surface area contributed by atoms with Gasteiger partial charge in [0.1, 0.15) is 11.5 Å². The second-order valence-electron chi connectivity index (χ2n) is 7.72. The summed E-state index contributed by atoms with van der Waals surface area (Å²) in [5.41, 5.74) is 5.39. The van der Waals surface area contributed by atoms with Gasteiger partial charge in [-0.1, -0.05) is 79.9 Å². The summed E-state index contributed by atoms with van der Waals surface area (Å²) in [5, 5.41) is 0. The van der Waals surface area contributed by atoms with E-state index in [0.29, 0.717) is 17.1 Å². The molecule has 0 heterocycles. The lowest BCUT2D eigenvalue weighted by Gasteiger charge is -2.07. The number of hydrogen-bond acceptors (Lipinski definition) is 4. The van der Waals surface area contributed by atoms with Crippen LogP contribution in [0, 0.1) is 6.92 Å². The van der Waals surface area contributed by atoms with E-state index in [2.05, 4.69) is 13.2 Å². The van der Waals surface area contributed by atoms with Crippen LogP contribution in [0.4, 0.5) is 0 Å². The SMILES string of the molecule is C=CC(=O)Oc1ccc(/C=C/c2ccc(/C=C/c3ccc(OC(=O)C(=C)C)c(C)c3)cc2)cc1. The number of carbonyl (C=O) groups excluding carboxylic acids is 2. The summed E-state index contributed by atoms with van der Waals surface area (Å²) < 4.78 is 10.4. The third kappa shape index (κ3) is 7.04. The molecule has 0 radical (unpaired) electrons. The highest BCUT2D eigenvalue weighted by Crippen LogP contribution is 2.22. The van der Waals surface area contributed by atoms with Crippen LogP contribution in [-0.4, -0.2) is 11.9 Å². The molecule has 4 nitrogen and oxygen atoms in total. The fourth-order valence-corrected chi connectivity index (χ4v) is 2.99. The first-order valence-electron chi connectivity index (χ1n) is 10.7. The molecule has 0 aliphatic rings. The Morgan fingerprint density at radius 2 is 1.21 bits per heavy atom. The Morgan fingerprint density at radius 1 is 0.735 bits per heavy atom. The summed E-state index contributed by atoms with van der Waals surface area (Å²) in [6, 6.07) is 21.1. The molecule has 0 saturated carbocycles. The van der Waals surface area contributed by atoms with Gasteiger partial charge in [0.25, 0.3) is 0 Å². The fourth-order valence-electron chi connectivity index (χ4n) is 2.99. The average Bonchev–Trinajstić information content (AvgIpc) is 2.84. The molecule has 0 spiro atoms. The molecular formula is C30H26O4. The van der Waals surface area contributed by atoms with Crippen molar-refractivity contribution in [1.82, 2.24) is 0 Å². The van der Waals surface area contributed by atoms with E-state index in [0.717, 1.165) is 33.9 Å². The zero-order valence-electron chi connectivity index (χ0n) is 19.3. The van der Waals surface area contributed by atoms with Gasteiger partial charge in [-0.2, -0.15) is 0 Å². The molecule has 0 aliphatic carbocycles. The van der Waals surface area contributed by atoms with Crippen molar-refractivity contribution >= 4 is 36.2 Å². The highest BCUT2D eigenvalue weighted by molar-refractivity contribution is 5.89. The molecule has 0 aliphatic heterocycles. The Labute approximate surface area is 200 Å². The molecule has 0 saturated heterocycles. The van der Waals surface area contributed by atoms with Crippen LogP contribution in [0.5, 0.6) is 11.5 Å². The summed E-state index contributed by atoms with van der Waals surface area (Å²) in [6.45, 7) is 10.5. The molecule has 4 heteroatoms. The Morgan fingerprint density at radius 3 is 1.68 bits per heavy atom. The van der Waals surface area contributed by atoms with Gasteiger partial charge < -0.3 is 9.47 Å². The van der Waals surface area contributed by atoms with Gasteiger partial charge in [-0.15, -0.1) is 0 Å². The van der Waals surface area contributed by atoms with Crippen molar-refractivity contribution in [3.8, 4) is 11.5 Å². The second-order valence-corrected chi connectivity index (χ2v) is 7.72. The molecule has 0 aromatic heterocycles. The van der Waals surface area contributed by atoms with Gasteiger partial charge in [0.05, 0.1) is 0 Å². The Hall–Kier alpha value is -4.44. The lowest BCUT2D eigenvalue weighted by atomic mass is 10.1. The van der Waals surface area contributed by atoms with E-state index in [1.807, 2.05) is 79.8 Å². The molecule has 3 rings (SSSR count). The van der Waals surface area contributed by atoms with Crippen LogP contribution in [0.1, 0.15) is 34.7 Å². The second kappa shape index (κ2) is 11.4. The van der Waals surface area contributed by atoms with E-state index in [-0.39, 0.29) is 0 Å². The summed E-state index contributed by atoms with van der Waals surface area (Å²) in [6.07, 6.45) is 9.20. The predicted molar refractivity (Wildman–Crippen MR) is 138 cm³/mol. The zero-order chi connectivity index (χ0) is 24.5. The van der Waals surface area contributed by atoms with E-state index < -0.39 is 11.9 Å².